The number of carbonyl (C=O) groups is 2. The lowest BCUT2D eigenvalue weighted by molar-refractivity contribution is -0.136. The minimum atomic E-state index is -4.02. The highest BCUT2D eigenvalue weighted by atomic mass is 32.2. The van der Waals surface area contributed by atoms with Crippen LogP contribution in [0, 0.1) is 0 Å². The van der Waals surface area contributed by atoms with E-state index in [2.05, 4.69) is 5.32 Å². The first-order chi connectivity index (χ1) is 11.4. The number of fused-ring (bicyclic) bond motifs is 1. The van der Waals surface area contributed by atoms with Crippen molar-refractivity contribution in [2.24, 2.45) is 0 Å². The fourth-order valence-electron chi connectivity index (χ4n) is 2.55. The summed E-state index contributed by atoms with van der Waals surface area (Å²) in [6.07, 6.45) is 0. The number of carboxylic acids is 1. The Morgan fingerprint density at radius 3 is 2.38 bits per heavy atom. The number of hydrogen-bond donors (Lipinski definition) is 2. The van der Waals surface area contributed by atoms with Gasteiger partial charge in [0.2, 0.25) is 15.2 Å². The Morgan fingerprint density at radius 2 is 1.71 bits per heavy atom. The van der Waals surface area contributed by atoms with Gasteiger partial charge in [0, 0.05) is 0 Å². The minimum absolute atomic E-state index is 0.00879. The summed E-state index contributed by atoms with van der Waals surface area (Å²) in [4.78, 5) is 24.7. The van der Waals surface area contributed by atoms with Gasteiger partial charge in [0.25, 0.3) is 5.91 Å². The molecule has 2 N–H and O–H groups in total. The molecule has 1 aliphatic rings. The fourth-order valence-corrected chi connectivity index (χ4v) is 4.03. The maximum atomic E-state index is 12.8. The van der Waals surface area contributed by atoms with Gasteiger partial charge in [0.05, 0.1) is 16.3 Å². The van der Waals surface area contributed by atoms with Crippen LogP contribution in [0.25, 0.3) is 0 Å². The molecule has 0 bridgehead atoms. The second-order valence-corrected chi connectivity index (χ2v) is 7.25. The van der Waals surface area contributed by atoms with Gasteiger partial charge in [-0.2, -0.15) is 0 Å². The van der Waals surface area contributed by atoms with Crippen molar-refractivity contribution in [1.29, 1.82) is 0 Å². The molecule has 0 radical (unpaired) electrons. The Balaban J connectivity index is 2.08. The summed E-state index contributed by atoms with van der Waals surface area (Å²) < 4.78 is 25.6. The van der Waals surface area contributed by atoms with Gasteiger partial charge in [0.15, 0.2) is 0 Å². The van der Waals surface area contributed by atoms with Gasteiger partial charge in [-0.05, 0) is 24.3 Å². The van der Waals surface area contributed by atoms with E-state index in [-0.39, 0.29) is 4.90 Å². The van der Waals surface area contributed by atoms with Crippen LogP contribution in [0.15, 0.2) is 59.5 Å². The Bertz CT molecular complexity index is 896. The highest BCUT2D eigenvalue weighted by Crippen LogP contribution is 2.33. The highest BCUT2D eigenvalue weighted by molar-refractivity contribution is 7.93. The number of benzene rings is 2. The number of carbonyl (C=O) groups excluding carboxylic acids is 1. The number of anilines is 2. The monoisotopic (exact) mass is 346 g/mol. The predicted molar refractivity (Wildman–Crippen MR) is 87.5 cm³/mol. The Kier molecular flexibility index (Phi) is 3.98. The quantitative estimate of drug-likeness (QED) is 0.865. The molecule has 1 amide bonds. The Morgan fingerprint density at radius 1 is 1.08 bits per heavy atom. The molecule has 1 unspecified atom stereocenters. The second-order valence-electron chi connectivity index (χ2n) is 5.22. The lowest BCUT2D eigenvalue weighted by Gasteiger charge is -2.34. The van der Waals surface area contributed by atoms with E-state index < -0.39 is 33.6 Å². The van der Waals surface area contributed by atoms with Crippen molar-refractivity contribution in [3.63, 3.8) is 0 Å². The summed E-state index contributed by atoms with van der Waals surface area (Å²) in [7, 11) is -4.02. The molecule has 0 spiro atoms. The van der Waals surface area contributed by atoms with E-state index in [1.807, 2.05) is 0 Å². The summed E-state index contributed by atoms with van der Waals surface area (Å²) in [6.45, 7) is -0.613. The second kappa shape index (κ2) is 5.97. The van der Waals surface area contributed by atoms with Gasteiger partial charge >= 0.3 is 5.97 Å². The van der Waals surface area contributed by atoms with Crippen molar-refractivity contribution in [3.05, 3.63) is 54.6 Å². The van der Waals surface area contributed by atoms with Crippen molar-refractivity contribution >= 4 is 33.1 Å². The van der Waals surface area contributed by atoms with Crippen LogP contribution in [0.3, 0.4) is 0 Å². The zero-order valence-electron chi connectivity index (χ0n) is 12.4. The van der Waals surface area contributed by atoms with Crippen LogP contribution in [0.2, 0.25) is 0 Å². The maximum absolute atomic E-state index is 12.8. The van der Waals surface area contributed by atoms with Crippen LogP contribution in [-0.2, 0) is 19.4 Å². The number of sulfone groups is 1. The lowest BCUT2D eigenvalue weighted by atomic mass is 10.2. The molecule has 0 aliphatic carbocycles. The van der Waals surface area contributed by atoms with Crippen molar-refractivity contribution in [3.8, 4) is 0 Å². The number of nitrogens with one attached hydrogen (secondary N) is 1. The lowest BCUT2D eigenvalue weighted by Crippen LogP contribution is -2.52. The van der Waals surface area contributed by atoms with Crippen molar-refractivity contribution < 1.29 is 23.1 Å². The van der Waals surface area contributed by atoms with E-state index in [1.165, 1.54) is 12.1 Å². The molecule has 1 aliphatic heterocycles. The van der Waals surface area contributed by atoms with Crippen molar-refractivity contribution in [2.75, 3.05) is 16.8 Å². The standard InChI is InChI=1S/C16H14N2O5S/c19-14(20)10-18-13-9-5-4-8-12(13)17-15(16(18)21)24(22,23)11-6-2-1-3-7-11/h1-9,15,17H,10H2,(H,19,20). The van der Waals surface area contributed by atoms with E-state index in [9.17, 15) is 18.0 Å². The zero-order chi connectivity index (χ0) is 17.3. The van der Waals surface area contributed by atoms with Gasteiger partial charge in [-0.15, -0.1) is 0 Å². The average Bonchev–Trinajstić information content (AvgIpc) is 2.57. The molecule has 2 aromatic carbocycles. The molecule has 1 heterocycles. The Hall–Kier alpha value is -2.87. The number of aliphatic carboxylic acids is 1. The van der Waals surface area contributed by atoms with Gasteiger partial charge in [-0.1, -0.05) is 30.3 Å². The topological polar surface area (TPSA) is 104 Å². The van der Waals surface area contributed by atoms with Crippen molar-refractivity contribution in [2.45, 2.75) is 10.3 Å². The van der Waals surface area contributed by atoms with E-state index >= 15 is 0 Å². The van der Waals surface area contributed by atoms with Crippen molar-refractivity contribution in [1.82, 2.24) is 0 Å². The third kappa shape index (κ3) is 2.71. The summed E-state index contributed by atoms with van der Waals surface area (Å²) in [5.41, 5.74) is 0.729. The number of hydrogen-bond acceptors (Lipinski definition) is 5. The fraction of sp³-hybridized carbons (Fsp3) is 0.125. The zero-order valence-corrected chi connectivity index (χ0v) is 13.2. The van der Waals surface area contributed by atoms with Crippen LogP contribution in [0.1, 0.15) is 0 Å². The molecule has 24 heavy (non-hydrogen) atoms. The molecule has 1 atom stereocenters. The molecule has 0 saturated heterocycles. The number of carboxylic acid groups (broad SMARTS) is 1. The molecular weight excluding hydrogens is 332 g/mol. The van der Waals surface area contributed by atoms with Crippen LogP contribution in [0.4, 0.5) is 11.4 Å². The summed E-state index contributed by atoms with van der Waals surface area (Å²) in [5, 5.41) is 10.2. The van der Waals surface area contributed by atoms with Crippen LogP contribution in [0.5, 0.6) is 0 Å². The van der Waals surface area contributed by atoms with Crippen LogP contribution < -0.4 is 10.2 Å². The number of amides is 1. The smallest absolute Gasteiger partial charge is 0.323 e. The molecule has 124 valence electrons. The van der Waals surface area contributed by atoms with Gasteiger partial charge < -0.3 is 10.4 Å². The predicted octanol–water partition coefficient (Wildman–Crippen LogP) is 1.33. The SMILES string of the molecule is O=C(O)CN1C(=O)C(S(=O)(=O)c2ccccc2)Nc2ccccc21. The summed E-state index contributed by atoms with van der Waals surface area (Å²) in [6, 6.07) is 14.1. The molecule has 2 aromatic rings. The third-order valence-electron chi connectivity index (χ3n) is 3.65. The number of nitrogens with zero attached hydrogens (tertiary/aromatic N) is 1. The molecule has 8 heteroatoms. The molecule has 7 nitrogen and oxygen atoms in total. The third-order valence-corrected chi connectivity index (χ3v) is 5.52. The average molecular weight is 346 g/mol. The summed E-state index contributed by atoms with van der Waals surface area (Å²) in [5.74, 6) is -2.05. The molecular formula is C16H14N2O5S. The number of para-hydroxylation sites is 2. The van der Waals surface area contributed by atoms with E-state index in [0.29, 0.717) is 11.4 Å². The first-order valence-corrected chi connectivity index (χ1v) is 8.63. The largest absolute Gasteiger partial charge is 0.480 e. The highest BCUT2D eigenvalue weighted by Gasteiger charge is 2.42. The Labute approximate surface area is 138 Å². The normalized spacial score (nSPS) is 17.1. The molecule has 0 aromatic heterocycles. The summed E-state index contributed by atoms with van der Waals surface area (Å²) >= 11 is 0. The van der Waals surface area contributed by atoms with Crippen LogP contribution in [-0.4, -0.2) is 37.3 Å². The van der Waals surface area contributed by atoms with Gasteiger partial charge in [-0.3, -0.25) is 14.5 Å². The number of rotatable bonds is 4. The van der Waals surface area contributed by atoms with Gasteiger partial charge in [-0.25, -0.2) is 8.42 Å². The first kappa shape index (κ1) is 16.0. The maximum Gasteiger partial charge on any atom is 0.323 e. The van der Waals surface area contributed by atoms with E-state index in [4.69, 9.17) is 5.11 Å². The minimum Gasteiger partial charge on any atom is -0.480 e. The molecule has 0 saturated carbocycles. The molecule has 3 rings (SSSR count). The first-order valence-electron chi connectivity index (χ1n) is 7.09. The van der Waals surface area contributed by atoms with Gasteiger partial charge in [0.1, 0.15) is 6.54 Å². The van der Waals surface area contributed by atoms with Crippen LogP contribution >= 0.6 is 0 Å². The molecule has 0 fully saturated rings. The van der Waals surface area contributed by atoms with E-state index in [1.54, 1.807) is 42.5 Å². The van der Waals surface area contributed by atoms with E-state index in [0.717, 1.165) is 4.90 Å².